The van der Waals surface area contributed by atoms with Crippen LogP contribution in [0.2, 0.25) is 0 Å². The van der Waals surface area contributed by atoms with E-state index >= 15 is 0 Å². The summed E-state index contributed by atoms with van der Waals surface area (Å²) in [6.07, 6.45) is 2.40. The van der Waals surface area contributed by atoms with Gasteiger partial charge in [0, 0.05) is 30.5 Å². The standard InChI is InChI=1S/C14H20N2O2/c1-3-6-16-7-8-18-13(10-16)14(17)12-5-4-11(2)15-9-12/h4-5,9,13H,3,6-8,10H2,1-2H3. The van der Waals surface area contributed by atoms with Gasteiger partial charge in [0.1, 0.15) is 6.10 Å². The predicted octanol–water partition coefficient (Wildman–Crippen LogP) is 1.68. The van der Waals surface area contributed by atoms with Crippen LogP contribution in [0.3, 0.4) is 0 Å². The summed E-state index contributed by atoms with van der Waals surface area (Å²) in [4.78, 5) is 18.7. The van der Waals surface area contributed by atoms with E-state index in [0.29, 0.717) is 18.7 Å². The van der Waals surface area contributed by atoms with Crippen molar-refractivity contribution in [2.24, 2.45) is 0 Å². The van der Waals surface area contributed by atoms with Crippen molar-refractivity contribution < 1.29 is 9.53 Å². The first-order valence-electron chi connectivity index (χ1n) is 6.51. The Morgan fingerprint density at radius 1 is 1.56 bits per heavy atom. The smallest absolute Gasteiger partial charge is 0.194 e. The van der Waals surface area contributed by atoms with Crippen molar-refractivity contribution in [3.63, 3.8) is 0 Å². The first kappa shape index (κ1) is 13.2. The summed E-state index contributed by atoms with van der Waals surface area (Å²) in [6, 6.07) is 3.69. The van der Waals surface area contributed by atoms with Crippen molar-refractivity contribution in [2.75, 3.05) is 26.2 Å². The molecule has 1 fully saturated rings. The molecule has 1 aliphatic rings. The molecule has 0 radical (unpaired) electrons. The van der Waals surface area contributed by atoms with E-state index in [4.69, 9.17) is 4.74 Å². The number of hydrogen-bond donors (Lipinski definition) is 0. The molecule has 1 atom stereocenters. The lowest BCUT2D eigenvalue weighted by molar-refractivity contribution is -0.0163. The molecule has 0 aromatic carbocycles. The zero-order chi connectivity index (χ0) is 13.0. The summed E-state index contributed by atoms with van der Waals surface area (Å²) in [7, 11) is 0. The number of ketones is 1. The molecule has 0 aliphatic carbocycles. The van der Waals surface area contributed by atoms with Crippen molar-refractivity contribution >= 4 is 5.78 Å². The summed E-state index contributed by atoms with van der Waals surface area (Å²) < 4.78 is 5.58. The van der Waals surface area contributed by atoms with E-state index in [0.717, 1.165) is 25.2 Å². The molecular weight excluding hydrogens is 228 g/mol. The van der Waals surface area contributed by atoms with Gasteiger partial charge in [-0.1, -0.05) is 6.92 Å². The summed E-state index contributed by atoms with van der Waals surface area (Å²) in [5.41, 5.74) is 1.56. The third-order valence-corrected chi connectivity index (χ3v) is 3.18. The molecule has 4 heteroatoms. The SMILES string of the molecule is CCCN1CCOC(C(=O)c2ccc(C)nc2)C1. The van der Waals surface area contributed by atoms with E-state index in [9.17, 15) is 4.79 Å². The van der Waals surface area contributed by atoms with E-state index in [1.807, 2.05) is 19.1 Å². The maximum absolute atomic E-state index is 12.3. The summed E-state index contributed by atoms with van der Waals surface area (Å²) in [5.74, 6) is 0.0447. The Balaban J connectivity index is 2.02. The highest BCUT2D eigenvalue weighted by molar-refractivity contribution is 5.99. The number of Topliss-reactive ketones (excluding diaryl/α,β-unsaturated/α-hetero) is 1. The van der Waals surface area contributed by atoms with Crippen molar-refractivity contribution in [3.8, 4) is 0 Å². The van der Waals surface area contributed by atoms with Gasteiger partial charge in [-0.25, -0.2) is 0 Å². The Bertz CT molecular complexity index is 401. The first-order valence-corrected chi connectivity index (χ1v) is 6.51. The monoisotopic (exact) mass is 248 g/mol. The highest BCUT2D eigenvalue weighted by Crippen LogP contribution is 2.12. The maximum Gasteiger partial charge on any atom is 0.194 e. The fourth-order valence-electron chi connectivity index (χ4n) is 2.18. The second-order valence-electron chi connectivity index (χ2n) is 4.71. The van der Waals surface area contributed by atoms with Gasteiger partial charge < -0.3 is 4.74 Å². The van der Waals surface area contributed by atoms with E-state index < -0.39 is 0 Å². The quantitative estimate of drug-likeness (QED) is 0.760. The van der Waals surface area contributed by atoms with E-state index in [1.54, 1.807) is 6.20 Å². The number of aryl methyl sites for hydroxylation is 1. The van der Waals surface area contributed by atoms with Crippen LogP contribution < -0.4 is 0 Å². The van der Waals surface area contributed by atoms with Gasteiger partial charge in [0.15, 0.2) is 5.78 Å². The molecule has 2 rings (SSSR count). The van der Waals surface area contributed by atoms with Crippen LogP contribution in [0.1, 0.15) is 29.4 Å². The van der Waals surface area contributed by atoms with Crippen molar-refractivity contribution in [1.29, 1.82) is 0 Å². The fourth-order valence-corrected chi connectivity index (χ4v) is 2.18. The van der Waals surface area contributed by atoms with Crippen molar-refractivity contribution in [2.45, 2.75) is 26.4 Å². The Morgan fingerprint density at radius 3 is 3.06 bits per heavy atom. The van der Waals surface area contributed by atoms with Crippen molar-refractivity contribution in [1.82, 2.24) is 9.88 Å². The van der Waals surface area contributed by atoms with Crippen molar-refractivity contribution in [3.05, 3.63) is 29.6 Å². The van der Waals surface area contributed by atoms with E-state index in [2.05, 4.69) is 16.8 Å². The number of morpholine rings is 1. The number of ether oxygens (including phenoxy) is 1. The maximum atomic E-state index is 12.3. The van der Waals surface area contributed by atoms with E-state index in [1.165, 1.54) is 0 Å². The topological polar surface area (TPSA) is 42.4 Å². The largest absolute Gasteiger partial charge is 0.367 e. The second kappa shape index (κ2) is 6.07. The number of aromatic nitrogens is 1. The Kier molecular flexibility index (Phi) is 4.44. The molecule has 0 saturated carbocycles. The molecule has 18 heavy (non-hydrogen) atoms. The van der Waals surface area contributed by atoms with E-state index in [-0.39, 0.29) is 11.9 Å². The van der Waals surface area contributed by atoms with Crippen LogP contribution in [0, 0.1) is 6.92 Å². The van der Waals surface area contributed by atoms with Crippen LogP contribution in [0.15, 0.2) is 18.3 Å². The molecule has 0 spiro atoms. The lowest BCUT2D eigenvalue weighted by Crippen LogP contribution is -2.46. The Hall–Kier alpha value is -1.26. The van der Waals surface area contributed by atoms with Gasteiger partial charge in [-0.2, -0.15) is 0 Å². The minimum atomic E-state index is -0.338. The molecule has 4 nitrogen and oxygen atoms in total. The van der Waals surface area contributed by atoms with Gasteiger partial charge in [0.05, 0.1) is 6.61 Å². The molecule has 0 bridgehead atoms. The summed E-state index contributed by atoms with van der Waals surface area (Å²) in [6.45, 7) is 7.34. The average Bonchev–Trinajstić information content (AvgIpc) is 2.39. The van der Waals surface area contributed by atoms with Gasteiger partial charge in [-0.3, -0.25) is 14.7 Å². The first-order chi connectivity index (χ1) is 8.70. The molecular formula is C14H20N2O2. The molecule has 1 saturated heterocycles. The lowest BCUT2D eigenvalue weighted by Gasteiger charge is -2.31. The predicted molar refractivity (Wildman–Crippen MR) is 69.8 cm³/mol. The van der Waals surface area contributed by atoms with Crippen LogP contribution in [0.4, 0.5) is 0 Å². The molecule has 0 amide bonds. The molecule has 1 aromatic heterocycles. The number of carbonyl (C=O) groups excluding carboxylic acids is 1. The fraction of sp³-hybridized carbons (Fsp3) is 0.571. The van der Waals surface area contributed by atoms with Gasteiger partial charge in [-0.05, 0) is 32.0 Å². The van der Waals surface area contributed by atoms with Gasteiger partial charge in [-0.15, -0.1) is 0 Å². The summed E-state index contributed by atoms with van der Waals surface area (Å²) >= 11 is 0. The molecule has 98 valence electrons. The molecule has 1 aromatic rings. The van der Waals surface area contributed by atoms with Crippen LogP contribution in [-0.2, 0) is 4.74 Å². The van der Waals surface area contributed by atoms with Gasteiger partial charge >= 0.3 is 0 Å². The average molecular weight is 248 g/mol. The van der Waals surface area contributed by atoms with Gasteiger partial charge in [0.25, 0.3) is 0 Å². The zero-order valence-corrected chi connectivity index (χ0v) is 11.1. The highest BCUT2D eigenvalue weighted by Gasteiger charge is 2.27. The number of nitrogens with zero attached hydrogens (tertiary/aromatic N) is 2. The Labute approximate surface area is 108 Å². The van der Waals surface area contributed by atoms with Crippen LogP contribution in [0.5, 0.6) is 0 Å². The third-order valence-electron chi connectivity index (χ3n) is 3.18. The summed E-state index contributed by atoms with van der Waals surface area (Å²) in [5, 5.41) is 0. The van der Waals surface area contributed by atoms with Gasteiger partial charge in [0.2, 0.25) is 0 Å². The Morgan fingerprint density at radius 2 is 2.39 bits per heavy atom. The number of hydrogen-bond acceptors (Lipinski definition) is 4. The number of rotatable bonds is 4. The highest BCUT2D eigenvalue weighted by atomic mass is 16.5. The van der Waals surface area contributed by atoms with Crippen LogP contribution in [0.25, 0.3) is 0 Å². The molecule has 1 aliphatic heterocycles. The minimum absolute atomic E-state index is 0.0447. The normalized spacial score (nSPS) is 20.9. The number of carbonyl (C=O) groups is 1. The molecule has 2 heterocycles. The van der Waals surface area contributed by atoms with Crippen LogP contribution >= 0.6 is 0 Å². The lowest BCUT2D eigenvalue weighted by atomic mass is 10.1. The molecule has 0 N–H and O–H groups in total. The second-order valence-corrected chi connectivity index (χ2v) is 4.71. The molecule has 1 unspecified atom stereocenters. The number of pyridine rings is 1. The zero-order valence-electron chi connectivity index (χ0n) is 11.1. The third kappa shape index (κ3) is 3.15. The minimum Gasteiger partial charge on any atom is -0.367 e. The van der Waals surface area contributed by atoms with Crippen LogP contribution in [-0.4, -0.2) is 48.0 Å².